The first-order valence-electron chi connectivity index (χ1n) is 7.61. The van der Waals surface area contributed by atoms with Gasteiger partial charge in [0.25, 0.3) is 0 Å². The van der Waals surface area contributed by atoms with Gasteiger partial charge in [-0.2, -0.15) is 0 Å². The van der Waals surface area contributed by atoms with Gasteiger partial charge in [-0.1, -0.05) is 12.1 Å². The Bertz CT molecular complexity index is 685. The van der Waals surface area contributed by atoms with Crippen molar-refractivity contribution in [2.75, 3.05) is 19.6 Å². The van der Waals surface area contributed by atoms with Crippen LogP contribution in [0, 0.1) is 12.8 Å². The minimum absolute atomic E-state index is 0.264. The fourth-order valence-corrected chi connectivity index (χ4v) is 3.09. The van der Waals surface area contributed by atoms with Gasteiger partial charge < -0.3 is 10.2 Å². The van der Waals surface area contributed by atoms with Crippen LogP contribution in [0.3, 0.4) is 0 Å². The first-order chi connectivity index (χ1) is 10.2. The molecule has 0 saturated carbocycles. The molecular formula is C17H22N2O2. The highest BCUT2D eigenvalue weighted by atomic mass is 16.4. The van der Waals surface area contributed by atoms with Gasteiger partial charge in [0, 0.05) is 18.0 Å². The summed E-state index contributed by atoms with van der Waals surface area (Å²) in [6, 6.07) is 7.68. The Hall–Kier alpha value is -1.65. The van der Waals surface area contributed by atoms with Crippen LogP contribution in [0.25, 0.3) is 11.0 Å². The van der Waals surface area contributed by atoms with Crippen molar-refractivity contribution in [3.05, 3.63) is 45.8 Å². The Morgan fingerprint density at radius 2 is 2.05 bits per heavy atom. The predicted octanol–water partition coefficient (Wildman–Crippen LogP) is 2.27. The number of hydrogen-bond donors (Lipinski definition) is 1. The summed E-state index contributed by atoms with van der Waals surface area (Å²) in [5.41, 5.74) is 8.33. The topological polar surface area (TPSA) is 59.5 Å². The average Bonchev–Trinajstić information content (AvgIpc) is 2.47. The van der Waals surface area contributed by atoms with E-state index in [0.29, 0.717) is 11.5 Å². The molecule has 0 radical (unpaired) electrons. The van der Waals surface area contributed by atoms with Crippen LogP contribution >= 0.6 is 0 Å². The zero-order valence-electron chi connectivity index (χ0n) is 12.5. The zero-order valence-corrected chi connectivity index (χ0v) is 12.5. The minimum atomic E-state index is -0.264. The number of nitrogens with zero attached hydrogens (tertiary/aromatic N) is 1. The highest BCUT2D eigenvalue weighted by Crippen LogP contribution is 2.22. The second-order valence-corrected chi connectivity index (χ2v) is 6.05. The molecule has 0 amide bonds. The van der Waals surface area contributed by atoms with Crippen LogP contribution in [0.2, 0.25) is 0 Å². The Morgan fingerprint density at radius 3 is 2.76 bits per heavy atom. The van der Waals surface area contributed by atoms with Crippen molar-refractivity contribution in [3.8, 4) is 0 Å². The van der Waals surface area contributed by atoms with Crippen molar-refractivity contribution in [1.29, 1.82) is 0 Å². The second-order valence-electron chi connectivity index (χ2n) is 6.05. The van der Waals surface area contributed by atoms with Gasteiger partial charge in [-0.05, 0) is 62.5 Å². The van der Waals surface area contributed by atoms with Crippen molar-refractivity contribution < 1.29 is 4.42 Å². The van der Waals surface area contributed by atoms with E-state index in [0.717, 1.165) is 55.5 Å². The fourth-order valence-electron chi connectivity index (χ4n) is 3.09. The molecule has 2 aromatic rings. The lowest BCUT2D eigenvalue weighted by atomic mass is 9.96. The van der Waals surface area contributed by atoms with Gasteiger partial charge in [-0.25, -0.2) is 4.79 Å². The lowest BCUT2D eigenvalue weighted by molar-refractivity contribution is 0.181. The molecule has 1 aromatic heterocycles. The Labute approximate surface area is 124 Å². The number of likely N-dealkylation sites (tertiary alicyclic amines) is 1. The standard InChI is InChI=1S/C17H22N2O2/c1-12-2-3-15-14(9-17(20)21-16(15)8-12)11-19-6-4-13(10-18)5-7-19/h2-3,8-9,13H,4-7,10-11,18H2,1H3. The van der Waals surface area contributed by atoms with Crippen LogP contribution < -0.4 is 11.4 Å². The van der Waals surface area contributed by atoms with Crippen LogP contribution in [0.4, 0.5) is 0 Å². The highest BCUT2D eigenvalue weighted by Gasteiger charge is 2.19. The minimum Gasteiger partial charge on any atom is -0.423 e. The normalized spacial score (nSPS) is 17.4. The van der Waals surface area contributed by atoms with Crippen LogP contribution in [0.5, 0.6) is 0 Å². The molecule has 0 bridgehead atoms. The second kappa shape index (κ2) is 6.00. The number of rotatable bonds is 3. The maximum Gasteiger partial charge on any atom is 0.336 e. The van der Waals surface area contributed by atoms with Crippen LogP contribution in [-0.4, -0.2) is 24.5 Å². The molecule has 1 saturated heterocycles. The molecular weight excluding hydrogens is 264 g/mol. The SMILES string of the molecule is Cc1ccc2c(CN3CCC(CN)CC3)cc(=O)oc2c1. The number of benzene rings is 1. The predicted molar refractivity (Wildman–Crippen MR) is 84.3 cm³/mol. The van der Waals surface area contributed by atoms with E-state index in [2.05, 4.69) is 17.0 Å². The van der Waals surface area contributed by atoms with Gasteiger partial charge in [0.15, 0.2) is 0 Å². The van der Waals surface area contributed by atoms with Crippen LogP contribution in [-0.2, 0) is 6.54 Å². The Morgan fingerprint density at radius 1 is 1.29 bits per heavy atom. The maximum absolute atomic E-state index is 11.8. The van der Waals surface area contributed by atoms with E-state index in [1.807, 2.05) is 13.0 Å². The fraction of sp³-hybridized carbons (Fsp3) is 0.471. The molecule has 2 heterocycles. The molecule has 0 atom stereocenters. The third-order valence-electron chi connectivity index (χ3n) is 4.42. The molecule has 1 aliphatic rings. The van der Waals surface area contributed by atoms with Crippen LogP contribution in [0.15, 0.2) is 33.5 Å². The molecule has 0 spiro atoms. The van der Waals surface area contributed by atoms with E-state index >= 15 is 0 Å². The summed E-state index contributed by atoms with van der Waals surface area (Å²) in [5.74, 6) is 0.654. The third-order valence-corrected chi connectivity index (χ3v) is 4.42. The number of fused-ring (bicyclic) bond motifs is 1. The number of nitrogens with two attached hydrogens (primary N) is 1. The Balaban J connectivity index is 1.85. The summed E-state index contributed by atoms with van der Waals surface area (Å²) in [6.45, 7) is 5.70. The van der Waals surface area contributed by atoms with Gasteiger partial charge in [0.1, 0.15) is 5.58 Å². The van der Waals surface area contributed by atoms with Crippen molar-refractivity contribution >= 4 is 11.0 Å². The summed E-state index contributed by atoms with van der Waals surface area (Å²) in [6.07, 6.45) is 2.30. The lowest BCUT2D eigenvalue weighted by Crippen LogP contribution is -2.35. The average molecular weight is 286 g/mol. The van der Waals surface area contributed by atoms with Crippen molar-refractivity contribution in [2.24, 2.45) is 11.7 Å². The van der Waals surface area contributed by atoms with E-state index in [9.17, 15) is 4.79 Å². The number of hydrogen-bond acceptors (Lipinski definition) is 4. The maximum atomic E-state index is 11.8. The van der Waals surface area contributed by atoms with E-state index in [1.54, 1.807) is 6.07 Å². The van der Waals surface area contributed by atoms with E-state index in [4.69, 9.17) is 10.2 Å². The van der Waals surface area contributed by atoms with Gasteiger partial charge in [0.2, 0.25) is 0 Å². The van der Waals surface area contributed by atoms with Gasteiger partial charge in [0.05, 0.1) is 0 Å². The van der Waals surface area contributed by atoms with Crippen molar-refractivity contribution in [3.63, 3.8) is 0 Å². The highest BCUT2D eigenvalue weighted by molar-refractivity contribution is 5.80. The van der Waals surface area contributed by atoms with Gasteiger partial charge in [-0.3, -0.25) is 4.90 Å². The van der Waals surface area contributed by atoms with Gasteiger partial charge in [-0.15, -0.1) is 0 Å². The molecule has 3 rings (SSSR count). The smallest absolute Gasteiger partial charge is 0.336 e. The van der Waals surface area contributed by atoms with E-state index in [-0.39, 0.29) is 5.63 Å². The molecule has 112 valence electrons. The molecule has 4 heteroatoms. The summed E-state index contributed by atoms with van der Waals surface area (Å²) >= 11 is 0. The lowest BCUT2D eigenvalue weighted by Gasteiger charge is -2.31. The van der Waals surface area contributed by atoms with Gasteiger partial charge >= 0.3 is 5.63 Å². The first-order valence-corrected chi connectivity index (χ1v) is 7.61. The van der Waals surface area contributed by atoms with Crippen molar-refractivity contribution in [1.82, 2.24) is 4.90 Å². The summed E-state index contributed by atoms with van der Waals surface area (Å²) < 4.78 is 5.32. The molecule has 0 aliphatic carbocycles. The monoisotopic (exact) mass is 286 g/mol. The molecule has 0 unspecified atom stereocenters. The molecule has 4 nitrogen and oxygen atoms in total. The molecule has 2 N–H and O–H groups in total. The third kappa shape index (κ3) is 3.17. The largest absolute Gasteiger partial charge is 0.423 e. The molecule has 21 heavy (non-hydrogen) atoms. The zero-order chi connectivity index (χ0) is 14.8. The quantitative estimate of drug-likeness (QED) is 0.879. The summed E-state index contributed by atoms with van der Waals surface area (Å²) in [4.78, 5) is 14.2. The first kappa shape index (κ1) is 14.3. The summed E-state index contributed by atoms with van der Waals surface area (Å²) in [7, 11) is 0. The Kier molecular flexibility index (Phi) is 4.08. The number of aryl methyl sites for hydroxylation is 1. The summed E-state index contributed by atoms with van der Waals surface area (Å²) in [5, 5.41) is 1.04. The van der Waals surface area contributed by atoms with E-state index in [1.165, 1.54) is 0 Å². The van der Waals surface area contributed by atoms with Crippen LogP contribution in [0.1, 0.15) is 24.0 Å². The van der Waals surface area contributed by atoms with Crippen molar-refractivity contribution in [2.45, 2.75) is 26.3 Å². The molecule has 1 fully saturated rings. The number of piperidine rings is 1. The molecule has 1 aliphatic heterocycles. The van der Waals surface area contributed by atoms with E-state index < -0.39 is 0 Å². The molecule has 1 aromatic carbocycles.